The summed E-state index contributed by atoms with van der Waals surface area (Å²) in [6.45, 7) is 15.7. The Morgan fingerprint density at radius 3 is 1.57 bits per heavy atom. The van der Waals surface area contributed by atoms with Crippen LogP contribution in [0.25, 0.3) is 0 Å². The monoisotopic (exact) mass is 674 g/mol. The van der Waals surface area contributed by atoms with Crippen molar-refractivity contribution in [3.8, 4) is 17.2 Å². The normalized spacial score (nSPS) is 15.5. The third kappa shape index (κ3) is 9.63. The summed E-state index contributed by atoms with van der Waals surface area (Å²) in [4.78, 5) is 0. The van der Waals surface area contributed by atoms with Gasteiger partial charge < -0.3 is 24.8 Å². The molecule has 0 saturated carbocycles. The number of ether oxygens (including phenoxy) is 3. The third-order valence-corrected chi connectivity index (χ3v) is 9.43. The topological polar surface area (TPSA) is 87.4 Å². The van der Waals surface area contributed by atoms with Crippen molar-refractivity contribution in [3.05, 3.63) is 88.3 Å². The van der Waals surface area contributed by atoms with Crippen LogP contribution in [-0.2, 0) is 25.9 Å². The highest BCUT2D eigenvalue weighted by Crippen LogP contribution is 2.31. The molecule has 0 unspecified atom stereocenters. The molecule has 266 valence electrons. The molecule has 10 heteroatoms. The first-order chi connectivity index (χ1) is 24.0. The maximum Gasteiger partial charge on any atom is 0.165 e. The molecule has 2 aliphatic heterocycles. The van der Waals surface area contributed by atoms with E-state index >= 15 is 0 Å². The number of halogens is 1. The van der Waals surface area contributed by atoms with Crippen molar-refractivity contribution < 1.29 is 18.6 Å². The van der Waals surface area contributed by atoms with E-state index in [-0.39, 0.29) is 11.6 Å². The highest BCUT2D eigenvalue weighted by atomic mass is 19.1. The van der Waals surface area contributed by atoms with Crippen molar-refractivity contribution in [1.82, 2.24) is 30.2 Å². The van der Waals surface area contributed by atoms with Gasteiger partial charge in [0, 0.05) is 49.2 Å². The van der Waals surface area contributed by atoms with E-state index in [9.17, 15) is 4.39 Å². The summed E-state index contributed by atoms with van der Waals surface area (Å²) in [5, 5.41) is 16.4. The number of aromatic nitrogens is 4. The number of nitrogens with zero attached hydrogens (tertiary/aromatic N) is 4. The number of aryl methyl sites for hydroxylation is 2. The van der Waals surface area contributed by atoms with E-state index in [1.807, 2.05) is 26.0 Å². The molecule has 2 aromatic carbocycles. The van der Waals surface area contributed by atoms with Gasteiger partial charge in [-0.1, -0.05) is 12.1 Å². The summed E-state index contributed by atoms with van der Waals surface area (Å²) >= 11 is 0. The Kier molecular flexibility index (Phi) is 13.5. The molecular weight excluding hydrogens is 619 g/mol. The van der Waals surface area contributed by atoms with Gasteiger partial charge >= 0.3 is 0 Å². The van der Waals surface area contributed by atoms with Crippen LogP contribution < -0.4 is 24.8 Å². The zero-order chi connectivity index (χ0) is 34.6. The fraction of sp³-hybridized carbons (Fsp3) is 0.538. The van der Waals surface area contributed by atoms with Crippen LogP contribution in [-0.4, -0.2) is 66.1 Å². The summed E-state index contributed by atoms with van der Waals surface area (Å²) in [5.41, 5.74) is 6.96. The Hall–Kier alpha value is -3.89. The molecule has 0 bridgehead atoms. The second-order valence-electron chi connectivity index (χ2n) is 12.8. The van der Waals surface area contributed by atoms with E-state index in [0.717, 1.165) is 87.0 Å². The maximum atomic E-state index is 13.8. The molecule has 9 nitrogen and oxygen atoms in total. The van der Waals surface area contributed by atoms with Crippen molar-refractivity contribution in [2.24, 2.45) is 0 Å². The molecule has 2 saturated heterocycles. The van der Waals surface area contributed by atoms with Crippen molar-refractivity contribution >= 4 is 0 Å². The molecule has 2 aromatic heterocycles. The van der Waals surface area contributed by atoms with Crippen LogP contribution in [0.15, 0.2) is 48.5 Å². The standard InChI is InChI=1S/C21H31N3O2.C18H24FN3O/c1-4-24-19(17-9-11-22-12-10-17)15-18(23-24)13-16-7-8-20(25-5-2)21(14-16)26-6-3;1-3-22-17(14-6-8-20-9-7-14)12-15(21-22)10-13-4-5-18(23-2)16(19)11-13/h7-8,14-15,17,22H,4-6,9-13H2,1-3H3;4-5,11-12,14,20H,3,6-10H2,1-2H3. The highest BCUT2D eigenvalue weighted by molar-refractivity contribution is 5.44. The van der Waals surface area contributed by atoms with E-state index in [0.29, 0.717) is 31.5 Å². The van der Waals surface area contributed by atoms with Gasteiger partial charge in [-0.2, -0.15) is 10.2 Å². The van der Waals surface area contributed by atoms with Crippen molar-refractivity contribution in [2.75, 3.05) is 46.5 Å². The van der Waals surface area contributed by atoms with Crippen LogP contribution in [0.1, 0.15) is 99.1 Å². The molecule has 2 aliphatic rings. The first kappa shape index (κ1) is 36.4. The van der Waals surface area contributed by atoms with Crippen molar-refractivity contribution in [2.45, 2.75) is 91.1 Å². The molecule has 0 aliphatic carbocycles. The van der Waals surface area contributed by atoms with Crippen LogP contribution in [0.2, 0.25) is 0 Å². The van der Waals surface area contributed by atoms with Crippen LogP contribution in [0.4, 0.5) is 4.39 Å². The number of nitrogens with one attached hydrogen (secondary N) is 2. The average molecular weight is 675 g/mol. The highest BCUT2D eigenvalue weighted by Gasteiger charge is 2.22. The number of rotatable bonds is 13. The molecular formula is C39H55FN6O3. The van der Waals surface area contributed by atoms with Gasteiger partial charge in [-0.25, -0.2) is 4.39 Å². The maximum absolute atomic E-state index is 13.8. The van der Waals surface area contributed by atoms with Gasteiger partial charge in [-0.15, -0.1) is 0 Å². The molecule has 6 rings (SSSR count). The SMILES string of the molecule is CCOc1ccc(Cc2cc(C3CCNCC3)n(CC)n2)cc1OCC.CCn1nc(Cc2ccc(OC)c(F)c2)cc1C1CCNCC1. The van der Waals surface area contributed by atoms with Gasteiger partial charge in [0.15, 0.2) is 23.1 Å². The first-order valence-electron chi connectivity index (χ1n) is 18.2. The van der Waals surface area contributed by atoms with Crippen LogP contribution in [0.5, 0.6) is 17.2 Å². The van der Waals surface area contributed by atoms with Crippen LogP contribution >= 0.6 is 0 Å². The molecule has 2 N–H and O–H groups in total. The lowest BCUT2D eigenvalue weighted by Gasteiger charge is -2.23. The molecule has 4 aromatic rings. The number of hydrogen-bond acceptors (Lipinski definition) is 7. The molecule has 0 spiro atoms. The van der Waals surface area contributed by atoms with E-state index in [1.165, 1.54) is 43.0 Å². The van der Waals surface area contributed by atoms with E-state index in [2.05, 4.69) is 58.1 Å². The van der Waals surface area contributed by atoms with Crippen molar-refractivity contribution in [1.29, 1.82) is 0 Å². The number of methoxy groups -OCH3 is 1. The summed E-state index contributed by atoms with van der Waals surface area (Å²) in [6.07, 6.45) is 6.17. The van der Waals surface area contributed by atoms with Gasteiger partial charge in [0.05, 0.1) is 31.7 Å². The summed E-state index contributed by atoms with van der Waals surface area (Å²) in [7, 11) is 1.48. The zero-order valence-electron chi connectivity index (χ0n) is 30.1. The van der Waals surface area contributed by atoms with Gasteiger partial charge in [-0.3, -0.25) is 9.36 Å². The van der Waals surface area contributed by atoms with E-state index in [1.54, 1.807) is 6.07 Å². The molecule has 2 fully saturated rings. The Bertz CT molecular complexity index is 1610. The second kappa shape index (κ2) is 18.2. The van der Waals surface area contributed by atoms with Crippen LogP contribution in [0, 0.1) is 5.82 Å². The Balaban J connectivity index is 0.000000192. The molecule has 0 radical (unpaired) electrons. The van der Waals surface area contributed by atoms with Gasteiger partial charge in [0.25, 0.3) is 0 Å². The smallest absolute Gasteiger partial charge is 0.165 e. The molecule has 0 amide bonds. The Labute approximate surface area is 291 Å². The third-order valence-electron chi connectivity index (χ3n) is 9.43. The Morgan fingerprint density at radius 1 is 0.653 bits per heavy atom. The molecule has 4 heterocycles. The fourth-order valence-electron chi connectivity index (χ4n) is 6.99. The lowest BCUT2D eigenvalue weighted by atomic mass is 9.94. The van der Waals surface area contributed by atoms with Gasteiger partial charge in [0.2, 0.25) is 0 Å². The minimum absolute atomic E-state index is 0.281. The van der Waals surface area contributed by atoms with Gasteiger partial charge in [0.1, 0.15) is 0 Å². The lowest BCUT2D eigenvalue weighted by Crippen LogP contribution is -2.27. The van der Waals surface area contributed by atoms with E-state index < -0.39 is 0 Å². The quantitative estimate of drug-likeness (QED) is 0.160. The van der Waals surface area contributed by atoms with Gasteiger partial charge in [-0.05, 0) is 127 Å². The predicted molar refractivity (Wildman–Crippen MR) is 193 cm³/mol. The molecule has 0 atom stereocenters. The first-order valence-corrected chi connectivity index (χ1v) is 18.2. The predicted octanol–water partition coefficient (Wildman–Crippen LogP) is 6.87. The number of piperidine rings is 2. The van der Waals surface area contributed by atoms with Crippen molar-refractivity contribution in [3.63, 3.8) is 0 Å². The molecule has 49 heavy (non-hydrogen) atoms. The fourth-order valence-corrected chi connectivity index (χ4v) is 6.99. The average Bonchev–Trinajstić information content (AvgIpc) is 3.74. The summed E-state index contributed by atoms with van der Waals surface area (Å²) in [5.74, 6) is 2.79. The van der Waals surface area contributed by atoms with E-state index in [4.69, 9.17) is 24.4 Å². The largest absolute Gasteiger partial charge is 0.494 e. The number of hydrogen-bond donors (Lipinski definition) is 2. The zero-order valence-corrected chi connectivity index (χ0v) is 30.1. The minimum Gasteiger partial charge on any atom is -0.494 e. The number of benzene rings is 2. The second-order valence-corrected chi connectivity index (χ2v) is 12.8. The minimum atomic E-state index is -0.321. The van der Waals surface area contributed by atoms with Crippen LogP contribution in [0.3, 0.4) is 0 Å². The summed E-state index contributed by atoms with van der Waals surface area (Å²) in [6, 6.07) is 15.8. The summed E-state index contributed by atoms with van der Waals surface area (Å²) < 4.78 is 34.5. The lowest BCUT2D eigenvalue weighted by molar-refractivity contribution is 0.287. The Morgan fingerprint density at radius 2 is 1.12 bits per heavy atom.